The molecule has 2 N–H and O–H groups in total. The Balaban J connectivity index is 0.00000264. The summed E-state index contributed by atoms with van der Waals surface area (Å²) in [5.41, 5.74) is 1.65. The lowest BCUT2D eigenvalue weighted by Crippen LogP contribution is -2.41. The van der Waals surface area contributed by atoms with Crippen LogP contribution in [-0.4, -0.2) is 39.3 Å². The van der Waals surface area contributed by atoms with Crippen molar-refractivity contribution in [1.82, 2.24) is 10.6 Å². The predicted octanol–water partition coefficient (Wildman–Crippen LogP) is 3.69. The average molecular weight is 496 g/mol. The maximum absolute atomic E-state index is 5.34. The van der Waals surface area contributed by atoms with Crippen LogP contribution in [0.5, 0.6) is 0 Å². The fraction of sp³-hybridized carbons (Fsp3) is 0.588. The molecule has 2 rings (SSSR count). The number of benzene rings is 1. The molecule has 0 amide bonds. The molecule has 1 saturated carbocycles. The van der Waals surface area contributed by atoms with Crippen LogP contribution in [0.2, 0.25) is 0 Å². The van der Waals surface area contributed by atoms with Crippen molar-refractivity contribution in [3.63, 3.8) is 0 Å². The molecule has 0 spiro atoms. The topological polar surface area (TPSA) is 45.6 Å². The molecule has 0 aromatic heterocycles. The van der Waals surface area contributed by atoms with Crippen LogP contribution in [-0.2, 0) is 10.2 Å². The zero-order valence-corrected chi connectivity index (χ0v) is 17.8. The molecule has 1 aromatic rings. The number of rotatable bonds is 8. The zero-order chi connectivity index (χ0) is 15.8. The van der Waals surface area contributed by atoms with Crippen molar-refractivity contribution in [3.8, 4) is 0 Å². The first-order valence-electron chi connectivity index (χ1n) is 7.99. The zero-order valence-electron chi connectivity index (χ0n) is 13.9. The van der Waals surface area contributed by atoms with Gasteiger partial charge in [-0.3, -0.25) is 4.99 Å². The first-order valence-corrected chi connectivity index (χ1v) is 8.78. The summed E-state index contributed by atoms with van der Waals surface area (Å²) < 4.78 is 6.54. The molecule has 0 atom stereocenters. The molecule has 0 saturated heterocycles. The van der Waals surface area contributed by atoms with E-state index in [1.54, 1.807) is 0 Å². The van der Waals surface area contributed by atoms with E-state index in [0.29, 0.717) is 0 Å². The van der Waals surface area contributed by atoms with E-state index in [4.69, 9.17) is 4.74 Å². The number of hydrogen-bond donors (Lipinski definition) is 2. The number of guanidine groups is 1. The van der Waals surface area contributed by atoms with E-state index in [9.17, 15) is 0 Å². The van der Waals surface area contributed by atoms with E-state index in [0.717, 1.165) is 38.7 Å². The molecule has 0 bridgehead atoms. The predicted molar refractivity (Wildman–Crippen MR) is 111 cm³/mol. The second-order valence-corrected chi connectivity index (χ2v) is 6.52. The van der Waals surface area contributed by atoms with Crippen LogP contribution in [0.4, 0.5) is 0 Å². The largest absolute Gasteiger partial charge is 0.382 e. The minimum absolute atomic E-state index is 0. The van der Waals surface area contributed by atoms with Gasteiger partial charge in [0, 0.05) is 43.2 Å². The van der Waals surface area contributed by atoms with Crippen LogP contribution < -0.4 is 10.6 Å². The Morgan fingerprint density at radius 3 is 2.65 bits per heavy atom. The summed E-state index contributed by atoms with van der Waals surface area (Å²) in [7, 11) is 1.82. The molecule has 1 aromatic carbocycles. The van der Waals surface area contributed by atoms with E-state index < -0.39 is 0 Å². The summed E-state index contributed by atoms with van der Waals surface area (Å²) in [6.07, 6.45) is 3.44. The first kappa shape index (κ1) is 20.7. The minimum atomic E-state index is 0. The first-order chi connectivity index (χ1) is 10.7. The Morgan fingerprint density at radius 2 is 2.04 bits per heavy atom. The lowest BCUT2D eigenvalue weighted by molar-refractivity contribution is 0.145. The number of nitrogens with zero attached hydrogens (tertiary/aromatic N) is 1. The molecule has 23 heavy (non-hydrogen) atoms. The number of nitrogens with one attached hydrogen (secondary N) is 2. The molecule has 0 unspecified atom stereocenters. The van der Waals surface area contributed by atoms with Crippen LogP contribution in [0.3, 0.4) is 0 Å². The third-order valence-corrected chi connectivity index (χ3v) is 4.77. The highest BCUT2D eigenvalue weighted by Crippen LogP contribution is 2.49. The fourth-order valence-electron chi connectivity index (χ4n) is 2.58. The van der Waals surface area contributed by atoms with Gasteiger partial charge in [-0.1, -0.05) is 34.1 Å². The van der Waals surface area contributed by atoms with Gasteiger partial charge in [0.25, 0.3) is 0 Å². The highest BCUT2D eigenvalue weighted by Gasteiger charge is 2.45. The maximum Gasteiger partial charge on any atom is 0.191 e. The van der Waals surface area contributed by atoms with E-state index in [2.05, 4.69) is 55.8 Å². The smallest absolute Gasteiger partial charge is 0.191 e. The molecule has 1 fully saturated rings. The van der Waals surface area contributed by atoms with Gasteiger partial charge in [-0.05, 0) is 37.8 Å². The SMILES string of the molecule is CCOCCCNC(=NC)NCC1(c2ccccc2Br)CC1.I. The Hall–Kier alpha value is -0.340. The fourth-order valence-corrected chi connectivity index (χ4v) is 3.29. The standard InChI is InChI=1S/C17H26BrN3O.HI/c1-3-22-12-6-11-20-16(19-2)21-13-17(9-10-17)14-7-4-5-8-15(14)18;/h4-5,7-8H,3,6,9-13H2,1-2H3,(H2,19,20,21);1H. The molecule has 1 aliphatic rings. The van der Waals surface area contributed by atoms with Gasteiger partial charge >= 0.3 is 0 Å². The highest BCUT2D eigenvalue weighted by atomic mass is 127. The molecule has 4 nitrogen and oxygen atoms in total. The number of ether oxygens (including phenoxy) is 1. The van der Waals surface area contributed by atoms with Crippen molar-refractivity contribution >= 4 is 45.9 Å². The average Bonchev–Trinajstić information content (AvgIpc) is 3.31. The minimum Gasteiger partial charge on any atom is -0.382 e. The highest BCUT2D eigenvalue weighted by molar-refractivity contribution is 14.0. The van der Waals surface area contributed by atoms with Crippen molar-refractivity contribution in [1.29, 1.82) is 0 Å². The van der Waals surface area contributed by atoms with Crippen LogP contribution in [0, 0.1) is 0 Å². The molecule has 0 heterocycles. The Kier molecular flexibility index (Phi) is 9.46. The van der Waals surface area contributed by atoms with Crippen LogP contribution in [0.1, 0.15) is 31.7 Å². The van der Waals surface area contributed by atoms with Crippen molar-refractivity contribution in [2.24, 2.45) is 4.99 Å². The summed E-state index contributed by atoms with van der Waals surface area (Å²) in [6, 6.07) is 8.52. The van der Waals surface area contributed by atoms with Crippen molar-refractivity contribution in [2.75, 3.05) is 33.4 Å². The van der Waals surface area contributed by atoms with E-state index in [-0.39, 0.29) is 29.4 Å². The van der Waals surface area contributed by atoms with Crippen LogP contribution in [0.15, 0.2) is 33.7 Å². The Morgan fingerprint density at radius 1 is 1.30 bits per heavy atom. The Bertz CT molecular complexity index is 506. The van der Waals surface area contributed by atoms with Crippen molar-refractivity contribution in [2.45, 2.75) is 31.6 Å². The van der Waals surface area contributed by atoms with Gasteiger partial charge in [-0.15, -0.1) is 24.0 Å². The van der Waals surface area contributed by atoms with Gasteiger partial charge < -0.3 is 15.4 Å². The van der Waals surface area contributed by atoms with Crippen LogP contribution in [0.25, 0.3) is 0 Å². The maximum atomic E-state index is 5.34. The Labute approximate surface area is 165 Å². The lowest BCUT2D eigenvalue weighted by Gasteiger charge is -2.20. The van der Waals surface area contributed by atoms with Gasteiger partial charge in [-0.25, -0.2) is 0 Å². The third-order valence-electron chi connectivity index (χ3n) is 4.08. The summed E-state index contributed by atoms with van der Waals surface area (Å²) in [4.78, 5) is 4.29. The molecule has 0 aliphatic heterocycles. The normalized spacial score (nSPS) is 15.7. The van der Waals surface area contributed by atoms with Gasteiger partial charge in [0.2, 0.25) is 0 Å². The lowest BCUT2D eigenvalue weighted by atomic mass is 9.96. The summed E-state index contributed by atoms with van der Waals surface area (Å²) >= 11 is 3.67. The number of hydrogen-bond acceptors (Lipinski definition) is 2. The van der Waals surface area contributed by atoms with Gasteiger partial charge in [0.1, 0.15) is 0 Å². The van der Waals surface area contributed by atoms with Gasteiger partial charge in [0.15, 0.2) is 5.96 Å². The second kappa shape index (κ2) is 10.5. The quantitative estimate of drug-likeness (QED) is 0.250. The van der Waals surface area contributed by atoms with Crippen LogP contribution >= 0.6 is 39.9 Å². The van der Waals surface area contributed by atoms with Crippen molar-refractivity contribution in [3.05, 3.63) is 34.3 Å². The summed E-state index contributed by atoms with van der Waals surface area (Å²) in [5.74, 6) is 0.870. The van der Waals surface area contributed by atoms with E-state index in [1.807, 2.05) is 14.0 Å². The molecular formula is C17H27BrIN3O. The monoisotopic (exact) mass is 495 g/mol. The molecule has 0 radical (unpaired) electrons. The van der Waals surface area contributed by atoms with Gasteiger partial charge in [0.05, 0.1) is 0 Å². The summed E-state index contributed by atoms with van der Waals surface area (Å²) in [5, 5.41) is 6.81. The van der Waals surface area contributed by atoms with E-state index >= 15 is 0 Å². The number of aliphatic imine (C=N–C) groups is 1. The second-order valence-electron chi connectivity index (χ2n) is 5.66. The molecule has 130 valence electrons. The molecule has 6 heteroatoms. The van der Waals surface area contributed by atoms with E-state index in [1.165, 1.54) is 22.9 Å². The number of halogens is 2. The van der Waals surface area contributed by atoms with Crippen molar-refractivity contribution < 1.29 is 4.74 Å². The third kappa shape index (κ3) is 6.23. The summed E-state index contributed by atoms with van der Waals surface area (Å²) in [6.45, 7) is 5.38. The molecule has 1 aliphatic carbocycles. The van der Waals surface area contributed by atoms with Gasteiger partial charge in [-0.2, -0.15) is 0 Å². The molecular weight excluding hydrogens is 469 g/mol.